The quantitative estimate of drug-likeness (QED) is 0.404. The molecule has 0 aromatic carbocycles. The van der Waals surface area contributed by atoms with Crippen molar-refractivity contribution in [3.8, 4) is 0 Å². The van der Waals surface area contributed by atoms with E-state index in [9.17, 15) is 0 Å². The number of nitrogens with zero attached hydrogens (tertiary/aromatic N) is 1. The zero-order chi connectivity index (χ0) is 7.70. The third-order valence-electron chi connectivity index (χ3n) is 0.577. The Morgan fingerprint density at radius 2 is 1.89 bits per heavy atom. The van der Waals surface area contributed by atoms with Gasteiger partial charge in [0.1, 0.15) is 0 Å². The first-order chi connectivity index (χ1) is 4.15. The van der Waals surface area contributed by atoms with Crippen LogP contribution in [0.3, 0.4) is 0 Å². The SMILES string of the molecule is CCC[NH2+]C.O=[N+]([O-])[O-]. The van der Waals surface area contributed by atoms with Gasteiger partial charge in [-0.05, 0) is 6.42 Å². The molecule has 0 aromatic rings. The summed E-state index contributed by atoms with van der Waals surface area (Å²) in [5.41, 5.74) is 0. The zero-order valence-electron chi connectivity index (χ0n) is 5.66. The highest BCUT2D eigenvalue weighted by atomic mass is 16.9. The summed E-state index contributed by atoms with van der Waals surface area (Å²) in [4.78, 5) is 8.25. The predicted octanol–water partition coefficient (Wildman–Crippen LogP) is -0.649. The van der Waals surface area contributed by atoms with Gasteiger partial charge in [0, 0.05) is 0 Å². The Bertz CT molecular complexity index is 60.8. The van der Waals surface area contributed by atoms with E-state index in [0.29, 0.717) is 0 Å². The monoisotopic (exact) mass is 136 g/mol. The summed E-state index contributed by atoms with van der Waals surface area (Å²) in [5, 5.41) is 16.9. The molecule has 0 saturated heterocycles. The van der Waals surface area contributed by atoms with Gasteiger partial charge in [0.05, 0.1) is 18.7 Å². The lowest BCUT2D eigenvalue weighted by Crippen LogP contribution is -2.79. The minimum absolute atomic E-state index is 1.26. The van der Waals surface area contributed by atoms with Crippen LogP contribution < -0.4 is 5.32 Å². The Labute approximate surface area is 53.8 Å². The summed E-state index contributed by atoms with van der Waals surface area (Å²) in [5.74, 6) is 0. The summed E-state index contributed by atoms with van der Waals surface area (Å²) >= 11 is 0. The van der Waals surface area contributed by atoms with Gasteiger partial charge in [-0.25, -0.2) is 0 Å². The second-order valence-electron chi connectivity index (χ2n) is 1.42. The number of hydrogen-bond donors (Lipinski definition) is 1. The number of rotatable bonds is 2. The summed E-state index contributed by atoms with van der Waals surface area (Å²) in [6.07, 6.45) is 1.29. The normalized spacial score (nSPS) is 7.33. The third-order valence-corrected chi connectivity index (χ3v) is 0.577. The minimum Gasteiger partial charge on any atom is -0.356 e. The van der Waals surface area contributed by atoms with Crippen LogP contribution in [0.1, 0.15) is 13.3 Å². The molecule has 2 N–H and O–H groups in total. The van der Waals surface area contributed by atoms with Crippen molar-refractivity contribution in [1.82, 2.24) is 0 Å². The molecular weight excluding hydrogens is 124 g/mol. The molecular formula is C4H12N2O3. The van der Waals surface area contributed by atoms with Gasteiger partial charge in [0.2, 0.25) is 0 Å². The molecule has 0 spiro atoms. The van der Waals surface area contributed by atoms with Gasteiger partial charge in [0.25, 0.3) is 0 Å². The molecule has 0 radical (unpaired) electrons. The van der Waals surface area contributed by atoms with Crippen molar-refractivity contribution in [2.24, 2.45) is 0 Å². The van der Waals surface area contributed by atoms with Crippen LogP contribution in [0.4, 0.5) is 0 Å². The molecule has 0 bridgehead atoms. The van der Waals surface area contributed by atoms with Crippen LogP contribution in [0, 0.1) is 15.3 Å². The highest BCUT2D eigenvalue weighted by Gasteiger charge is 1.68. The van der Waals surface area contributed by atoms with Crippen LogP contribution in [0.15, 0.2) is 0 Å². The lowest BCUT2D eigenvalue weighted by molar-refractivity contribution is -0.626. The van der Waals surface area contributed by atoms with E-state index in [2.05, 4.69) is 19.3 Å². The Kier molecular flexibility index (Phi) is 12.5. The van der Waals surface area contributed by atoms with Crippen LogP contribution in [0.2, 0.25) is 0 Å². The maximum absolute atomic E-state index is 8.25. The largest absolute Gasteiger partial charge is 0.356 e. The van der Waals surface area contributed by atoms with E-state index < -0.39 is 5.09 Å². The van der Waals surface area contributed by atoms with Crippen molar-refractivity contribution in [3.63, 3.8) is 0 Å². The van der Waals surface area contributed by atoms with Gasteiger partial charge in [-0.2, -0.15) is 0 Å². The van der Waals surface area contributed by atoms with Gasteiger partial charge < -0.3 is 20.6 Å². The maximum Gasteiger partial charge on any atom is 0.0750 e. The van der Waals surface area contributed by atoms with Gasteiger partial charge >= 0.3 is 0 Å². The predicted molar refractivity (Wildman–Crippen MR) is 33.4 cm³/mol. The molecule has 0 aliphatic carbocycles. The highest BCUT2D eigenvalue weighted by Crippen LogP contribution is 1.56. The van der Waals surface area contributed by atoms with Crippen molar-refractivity contribution in [2.75, 3.05) is 13.6 Å². The summed E-state index contributed by atoms with van der Waals surface area (Å²) < 4.78 is 0. The fourth-order valence-corrected chi connectivity index (χ4v) is 0.289. The van der Waals surface area contributed by atoms with Crippen molar-refractivity contribution >= 4 is 0 Å². The summed E-state index contributed by atoms with van der Waals surface area (Å²) in [6.45, 7) is 3.44. The van der Waals surface area contributed by atoms with Crippen LogP contribution in [0.25, 0.3) is 0 Å². The topological polar surface area (TPSA) is 82.8 Å². The summed E-state index contributed by atoms with van der Waals surface area (Å²) in [6, 6.07) is 0. The molecule has 0 saturated carbocycles. The minimum atomic E-state index is -1.75. The molecule has 0 aliphatic heterocycles. The summed E-state index contributed by atoms with van der Waals surface area (Å²) in [7, 11) is 2.09. The second-order valence-corrected chi connectivity index (χ2v) is 1.42. The Balaban J connectivity index is 0. The zero-order valence-corrected chi connectivity index (χ0v) is 5.66. The van der Waals surface area contributed by atoms with Crippen molar-refractivity contribution in [1.29, 1.82) is 0 Å². The molecule has 9 heavy (non-hydrogen) atoms. The first kappa shape index (κ1) is 11.0. The molecule has 0 amide bonds. The molecule has 5 nitrogen and oxygen atoms in total. The van der Waals surface area contributed by atoms with E-state index in [-0.39, 0.29) is 0 Å². The Morgan fingerprint density at radius 1 is 1.56 bits per heavy atom. The average Bonchev–Trinajstić information content (AvgIpc) is 1.66. The van der Waals surface area contributed by atoms with Crippen molar-refractivity contribution in [2.45, 2.75) is 13.3 Å². The van der Waals surface area contributed by atoms with Crippen LogP contribution in [-0.4, -0.2) is 18.7 Å². The molecule has 0 atom stereocenters. The molecule has 0 heterocycles. The van der Waals surface area contributed by atoms with E-state index in [1.807, 2.05) is 0 Å². The fraction of sp³-hybridized carbons (Fsp3) is 1.00. The average molecular weight is 136 g/mol. The van der Waals surface area contributed by atoms with E-state index in [1.54, 1.807) is 0 Å². The van der Waals surface area contributed by atoms with Gasteiger partial charge in [-0.3, -0.25) is 0 Å². The molecule has 0 aliphatic rings. The van der Waals surface area contributed by atoms with Crippen LogP contribution >= 0.6 is 0 Å². The second kappa shape index (κ2) is 10.2. The molecule has 0 unspecified atom stereocenters. The number of hydrogen-bond acceptors (Lipinski definition) is 3. The Morgan fingerprint density at radius 3 is 1.89 bits per heavy atom. The molecule has 0 rings (SSSR count). The van der Waals surface area contributed by atoms with Crippen LogP contribution in [0.5, 0.6) is 0 Å². The smallest absolute Gasteiger partial charge is 0.0750 e. The molecule has 56 valence electrons. The molecule has 5 heteroatoms. The van der Waals surface area contributed by atoms with Gasteiger partial charge in [0.15, 0.2) is 0 Å². The standard InChI is InChI=1S/C4H11N.NO3/c1-3-4-5-2;2-1(3)4/h5H,3-4H2,1-2H3;/q;-1/p+1. The number of nitrogens with two attached hydrogens (primary N) is 1. The van der Waals surface area contributed by atoms with Gasteiger partial charge in [-0.15, -0.1) is 0 Å². The van der Waals surface area contributed by atoms with Crippen LogP contribution in [-0.2, 0) is 0 Å². The third kappa shape index (κ3) is 142. The Hall–Kier alpha value is -0.840. The van der Waals surface area contributed by atoms with E-state index >= 15 is 0 Å². The van der Waals surface area contributed by atoms with E-state index in [1.165, 1.54) is 13.0 Å². The highest BCUT2D eigenvalue weighted by molar-refractivity contribution is 4.09. The van der Waals surface area contributed by atoms with Crippen molar-refractivity contribution in [3.05, 3.63) is 15.3 Å². The van der Waals surface area contributed by atoms with E-state index in [4.69, 9.17) is 15.3 Å². The van der Waals surface area contributed by atoms with Crippen molar-refractivity contribution < 1.29 is 10.4 Å². The van der Waals surface area contributed by atoms with E-state index in [0.717, 1.165) is 0 Å². The molecule has 0 aromatic heterocycles. The maximum atomic E-state index is 8.25. The molecule has 0 fully saturated rings. The lowest BCUT2D eigenvalue weighted by Gasteiger charge is -1.81. The first-order valence-electron chi connectivity index (χ1n) is 2.74. The fourth-order valence-electron chi connectivity index (χ4n) is 0.289. The lowest BCUT2D eigenvalue weighted by atomic mass is 10.5. The first-order valence-corrected chi connectivity index (χ1v) is 2.74. The number of quaternary nitrogens is 1. The van der Waals surface area contributed by atoms with Gasteiger partial charge in [-0.1, -0.05) is 6.92 Å².